The Hall–Kier alpha value is -2.42. The zero-order valence-corrected chi connectivity index (χ0v) is 10.9. The van der Waals surface area contributed by atoms with Gasteiger partial charge in [-0.1, -0.05) is 5.16 Å². The van der Waals surface area contributed by atoms with Crippen LogP contribution in [-0.4, -0.2) is 33.2 Å². The lowest BCUT2D eigenvalue weighted by Gasteiger charge is -2.16. The second-order valence-corrected chi connectivity index (χ2v) is 4.45. The summed E-state index contributed by atoms with van der Waals surface area (Å²) in [5.41, 5.74) is 2.46. The molecule has 9 nitrogen and oxygen atoms in total. The molecule has 4 N–H and O–H groups in total. The molecule has 0 radical (unpaired) electrons. The molecule has 0 atom stereocenters. The van der Waals surface area contributed by atoms with Crippen LogP contribution in [0.4, 0.5) is 17.8 Å². The number of nitrogens with one attached hydrogen (secondary N) is 2. The van der Waals surface area contributed by atoms with E-state index in [0.29, 0.717) is 30.2 Å². The predicted octanol–water partition coefficient (Wildman–Crippen LogP) is 0.357. The summed E-state index contributed by atoms with van der Waals surface area (Å²) >= 11 is 0. The first-order valence-electron chi connectivity index (χ1n) is 6.46. The third kappa shape index (κ3) is 2.77. The maximum Gasteiger partial charge on any atom is 0.243 e. The average molecular weight is 276 g/mol. The lowest BCUT2D eigenvalue weighted by molar-refractivity contribution is 0.388. The summed E-state index contributed by atoms with van der Waals surface area (Å²) < 4.78 is 5.01. The summed E-state index contributed by atoms with van der Waals surface area (Å²) in [6.07, 6.45) is 3.89. The molecule has 1 saturated heterocycles. The van der Waals surface area contributed by atoms with Crippen LogP contribution in [0.15, 0.2) is 16.8 Å². The quantitative estimate of drug-likeness (QED) is 0.525. The third-order valence-electron chi connectivity index (χ3n) is 3.05. The first-order valence-corrected chi connectivity index (χ1v) is 6.46. The Kier molecular flexibility index (Phi) is 3.59. The van der Waals surface area contributed by atoms with Crippen LogP contribution in [0.5, 0.6) is 0 Å². The van der Waals surface area contributed by atoms with E-state index in [0.717, 1.165) is 25.9 Å². The zero-order chi connectivity index (χ0) is 13.8. The van der Waals surface area contributed by atoms with Gasteiger partial charge in [-0.2, -0.15) is 15.0 Å². The first-order chi connectivity index (χ1) is 9.85. The molecule has 20 heavy (non-hydrogen) atoms. The van der Waals surface area contributed by atoms with E-state index in [2.05, 4.69) is 35.8 Å². The monoisotopic (exact) mass is 276 g/mol. The van der Waals surface area contributed by atoms with Crippen molar-refractivity contribution in [2.45, 2.75) is 19.4 Å². The van der Waals surface area contributed by atoms with Gasteiger partial charge in [-0.05, 0) is 12.8 Å². The second kappa shape index (κ2) is 5.70. The van der Waals surface area contributed by atoms with Crippen molar-refractivity contribution in [3.63, 3.8) is 0 Å². The molecule has 3 rings (SSSR count). The molecule has 3 heterocycles. The summed E-state index contributed by atoms with van der Waals surface area (Å²) in [6, 6.07) is 1.78. The summed E-state index contributed by atoms with van der Waals surface area (Å²) in [7, 11) is 0. The van der Waals surface area contributed by atoms with E-state index in [4.69, 9.17) is 10.4 Å². The molecule has 0 amide bonds. The molecule has 0 bridgehead atoms. The first kappa shape index (κ1) is 12.6. The topological polar surface area (TPSA) is 118 Å². The molecule has 9 heteroatoms. The van der Waals surface area contributed by atoms with Crippen molar-refractivity contribution in [1.82, 2.24) is 20.1 Å². The van der Waals surface area contributed by atoms with Gasteiger partial charge in [-0.15, -0.1) is 0 Å². The molecule has 1 fully saturated rings. The van der Waals surface area contributed by atoms with E-state index < -0.39 is 0 Å². The fourth-order valence-corrected chi connectivity index (χ4v) is 2.07. The average Bonchev–Trinajstić information content (AvgIpc) is 3.17. The van der Waals surface area contributed by atoms with Crippen LogP contribution in [0.1, 0.15) is 18.6 Å². The molecule has 0 saturated carbocycles. The molecule has 1 aliphatic rings. The van der Waals surface area contributed by atoms with Gasteiger partial charge in [0.25, 0.3) is 0 Å². The van der Waals surface area contributed by atoms with E-state index in [9.17, 15) is 0 Å². The number of hydrogen-bond donors (Lipinski definition) is 3. The van der Waals surface area contributed by atoms with Gasteiger partial charge in [0.05, 0.1) is 12.7 Å². The summed E-state index contributed by atoms with van der Waals surface area (Å²) in [5.74, 6) is 7.52. The highest BCUT2D eigenvalue weighted by Gasteiger charge is 2.17. The van der Waals surface area contributed by atoms with E-state index in [1.807, 2.05) is 0 Å². The lowest BCUT2D eigenvalue weighted by atomic mass is 10.4. The van der Waals surface area contributed by atoms with Crippen LogP contribution in [0, 0.1) is 0 Å². The largest absolute Gasteiger partial charge is 0.360 e. The Balaban J connectivity index is 1.76. The van der Waals surface area contributed by atoms with Crippen molar-refractivity contribution in [2.75, 3.05) is 28.7 Å². The smallest absolute Gasteiger partial charge is 0.243 e. The molecule has 2 aromatic heterocycles. The number of nitrogen functional groups attached to an aromatic ring is 1. The molecule has 0 aromatic carbocycles. The molecule has 1 aliphatic heterocycles. The van der Waals surface area contributed by atoms with E-state index in [1.54, 1.807) is 12.3 Å². The molecule has 0 aliphatic carbocycles. The fraction of sp³-hybridized carbons (Fsp3) is 0.455. The number of nitrogens with two attached hydrogens (primary N) is 1. The van der Waals surface area contributed by atoms with Crippen LogP contribution in [-0.2, 0) is 6.54 Å². The van der Waals surface area contributed by atoms with Crippen molar-refractivity contribution in [3.8, 4) is 0 Å². The second-order valence-electron chi connectivity index (χ2n) is 4.45. The SMILES string of the molecule is NNc1nc(NCc2ccno2)nc(N2CCCC2)n1. The van der Waals surface area contributed by atoms with Gasteiger partial charge in [-0.3, -0.25) is 5.43 Å². The Morgan fingerprint density at radius 3 is 2.70 bits per heavy atom. The number of hydrazine groups is 1. The van der Waals surface area contributed by atoms with Crippen LogP contribution in [0.25, 0.3) is 0 Å². The fourth-order valence-electron chi connectivity index (χ4n) is 2.07. The number of rotatable bonds is 5. The minimum atomic E-state index is 0.335. The van der Waals surface area contributed by atoms with E-state index >= 15 is 0 Å². The van der Waals surface area contributed by atoms with Crippen LogP contribution in [0.2, 0.25) is 0 Å². The summed E-state index contributed by atoms with van der Waals surface area (Å²) in [5, 5.41) is 6.71. The van der Waals surface area contributed by atoms with Crippen molar-refractivity contribution in [3.05, 3.63) is 18.0 Å². The van der Waals surface area contributed by atoms with Gasteiger partial charge in [0.15, 0.2) is 5.76 Å². The number of aromatic nitrogens is 4. The Bertz CT molecular complexity index is 552. The molecular weight excluding hydrogens is 260 g/mol. The van der Waals surface area contributed by atoms with Gasteiger partial charge >= 0.3 is 0 Å². The minimum Gasteiger partial charge on any atom is -0.360 e. The molecular formula is C11H16N8O. The normalized spacial score (nSPS) is 14.6. The number of anilines is 3. The van der Waals surface area contributed by atoms with Crippen molar-refractivity contribution < 1.29 is 4.52 Å². The predicted molar refractivity (Wildman–Crippen MR) is 72.9 cm³/mol. The highest BCUT2D eigenvalue weighted by Crippen LogP contribution is 2.18. The Labute approximate surface area is 115 Å². The van der Waals surface area contributed by atoms with E-state index in [-0.39, 0.29) is 0 Å². The van der Waals surface area contributed by atoms with Crippen molar-refractivity contribution in [1.29, 1.82) is 0 Å². The third-order valence-corrected chi connectivity index (χ3v) is 3.05. The standard InChI is InChI=1S/C11H16N8O/c12-18-10-15-9(13-7-8-3-4-14-20-8)16-11(17-10)19-5-1-2-6-19/h3-4H,1-2,5-7,12H2,(H2,13,15,16,17,18). The molecule has 0 unspecified atom stereocenters. The van der Waals surface area contributed by atoms with Crippen LogP contribution in [0.3, 0.4) is 0 Å². The van der Waals surface area contributed by atoms with Crippen LogP contribution < -0.4 is 21.5 Å². The Morgan fingerprint density at radius 2 is 2.00 bits per heavy atom. The van der Waals surface area contributed by atoms with Crippen molar-refractivity contribution in [2.24, 2.45) is 5.84 Å². The van der Waals surface area contributed by atoms with Gasteiger partial charge in [-0.25, -0.2) is 5.84 Å². The minimum absolute atomic E-state index is 0.335. The van der Waals surface area contributed by atoms with Crippen LogP contribution >= 0.6 is 0 Å². The summed E-state index contributed by atoms with van der Waals surface area (Å²) in [4.78, 5) is 14.9. The molecule has 2 aromatic rings. The van der Waals surface area contributed by atoms with Gasteiger partial charge in [0.1, 0.15) is 0 Å². The van der Waals surface area contributed by atoms with Crippen molar-refractivity contribution >= 4 is 17.8 Å². The van der Waals surface area contributed by atoms with Gasteiger partial charge in [0.2, 0.25) is 17.8 Å². The van der Waals surface area contributed by atoms with E-state index in [1.165, 1.54) is 0 Å². The molecule has 106 valence electrons. The highest BCUT2D eigenvalue weighted by atomic mass is 16.5. The zero-order valence-electron chi connectivity index (χ0n) is 10.9. The maximum atomic E-state index is 5.40. The number of nitrogens with zero attached hydrogens (tertiary/aromatic N) is 5. The summed E-state index contributed by atoms with van der Waals surface area (Å²) in [6.45, 7) is 2.36. The number of hydrogen-bond acceptors (Lipinski definition) is 9. The Morgan fingerprint density at radius 1 is 1.20 bits per heavy atom. The van der Waals surface area contributed by atoms with Gasteiger partial charge in [0, 0.05) is 19.2 Å². The highest BCUT2D eigenvalue weighted by molar-refractivity contribution is 5.43. The lowest BCUT2D eigenvalue weighted by Crippen LogP contribution is -2.23. The maximum absolute atomic E-state index is 5.40. The molecule has 0 spiro atoms. The van der Waals surface area contributed by atoms with Gasteiger partial charge < -0.3 is 14.7 Å².